The number of hydrogen-bond acceptors (Lipinski definition) is 1. The van der Waals surface area contributed by atoms with Crippen molar-refractivity contribution in [3.05, 3.63) is 11.6 Å². The molecule has 2 fully saturated rings. The molecular formula is C12H22ClN. The second kappa shape index (κ2) is 5.77. The minimum absolute atomic E-state index is 0. The van der Waals surface area contributed by atoms with Crippen LogP contribution in [0.4, 0.5) is 0 Å². The Morgan fingerprint density at radius 2 is 1.57 bits per heavy atom. The third-order valence-corrected chi connectivity index (χ3v) is 3.54. The van der Waals surface area contributed by atoms with Crippen molar-refractivity contribution in [2.75, 3.05) is 0 Å². The van der Waals surface area contributed by atoms with E-state index in [1.54, 1.807) is 5.57 Å². The van der Waals surface area contributed by atoms with Crippen LogP contribution in [0, 0.1) is 5.92 Å². The molecule has 2 saturated carbocycles. The molecule has 2 aliphatic rings. The Hall–Kier alpha value is -0.0100. The van der Waals surface area contributed by atoms with Crippen LogP contribution in [-0.2, 0) is 0 Å². The van der Waals surface area contributed by atoms with E-state index in [0.29, 0.717) is 6.04 Å². The Morgan fingerprint density at radius 3 is 2.14 bits per heavy atom. The standard InChI is InChI=1S/C12H21N.ClH/c13-12-7-5-11(6-8-12)9-10-3-1-2-4-10;/h9-10,12H,1-8,13H2;1H. The van der Waals surface area contributed by atoms with Crippen LogP contribution in [0.5, 0.6) is 0 Å². The van der Waals surface area contributed by atoms with E-state index in [1.807, 2.05) is 0 Å². The van der Waals surface area contributed by atoms with E-state index < -0.39 is 0 Å². The van der Waals surface area contributed by atoms with Crippen molar-refractivity contribution in [1.82, 2.24) is 0 Å². The third-order valence-electron chi connectivity index (χ3n) is 3.54. The molecule has 0 amide bonds. The summed E-state index contributed by atoms with van der Waals surface area (Å²) in [6.07, 6.45) is 13.3. The van der Waals surface area contributed by atoms with Crippen LogP contribution in [0.15, 0.2) is 11.6 Å². The van der Waals surface area contributed by atoms with Gasteiger partial charge < -0.3 is 5.73 Å². The second-order valence-electron chi connectivity index (χ2n) is 4.71. The SMILES string of the molecule is Cl.NC1CCC(=CC2CCCC2)CC1. The zero-order valence-corrected chi connectivity index (χ0v) is 9.69. The van der Waals surface area contributed by atoms with Gasteiger partial charge in [-0.1, -0.05) is 24.5 Å². The molecule has 0 aromatic carbocycles. The van der Waals surface area contributed by atoms with Crippen LogP contribution < -0.4 is 5.73 Å². The van der Waals surface area contributed by atoms with E-state index >= 15 is 0 Å². The van der Waals surface area contributed by atoms with Crippen molar-refractivity contribution in [1.29, 1.82) is 0 Å². The molecule has 0 saturated heterocycles. The van der Waals surface area contributed by atoms with E-state index in [4.69, 9.17) is 5.73 Å². The Kier molecular flexibility index (Phi) is 4.97. The predicted molar refractivity (Wildman–Crippen MR) is 63.7 cm³/mol. The molecule has 0 unspecified atom stereocenters. The quantitative estimate of drug-likeness (QED) is 0.667. The number of hydrogen-bond donors (Lipinski definition) is 1. The van der Waals surface area contributed by atoms with Crippen molar-refractivity contribution in [2.45, 2.75) is 57.4 Å². The van der Waals surface area contributed by atoms with E-state index in [-0.39, 0.29) is 12.4 Å². The molecule has 0 aliphatic heterocycles. The summed E-state index contributed by atoms with van der Waals surface area (Å²) in [5.74, 6) is 0.921. The summed E-state index contributed by atoms with van der Waals surface area (Å²) in [4.78, 5) is 0. The Bertz CT molecular complexity index is 184. The normalized spacial score (nSPS) is 28.6. The second-order valence-corrected chi connectivity index (χ2v) is 4.71. The minimum Gasteiger partial charge on any atom is -0.328 e. The molecule has 0 heterocycles. The summed E-state index contributed by atoms with van der Waals surface area (Å²) in [6, 6.07) is 0.487. The lowest BCUT2D eigenvalue weighted by molar-refractivity contribution is 0.505. The van der Waals surface area contributed by atoms with E-state index in [0.717, 1.165) is 5.92 Å². The first-order chi connectivity index (χ1) is 6.34. The summed E-state index contributed by atoms with van der Waals surface area (Å²) >= 11 is 0. The highest BCUT2D eigenvalue weighted by Gasteiger charge is 2.16. The average Bonchev–Trinajstić information content (AvgIpc) is 2.62. The van der Waals surface area contributed by atoms with E-state index in [9.17, 15) is 0 Å². The van der Waals surface area contributed by atoms with Crippen molar-refractivity contribution in [2.24, 2.45) is 11.7 Å². The molecule has 0 bridgehead atoms. The zero-order valence-electron chi connectivity index (χ0n) is 8.87. The lowest BCUT2D eigenvalue weighted by atomic mass is 9.89. The first kappa shape index (κ1) is 12.1. The van der Waals surface area contributed by atoms with Gasteiger partial charge in [-0.05, 0) is 44.4 Å². The molecule has 1 nitrogen and oxygen atoms in total. The van der Waals surface area contributed by atoms with Gasteiger partial charge in [0.2, 0.25) is 0 Å². The topological polar surface area (TPSA) is 26.0 Å². The average molecular weight is 216 g/mol. The van der Waals surface area contributed by atoms with Crippen molar-refractivity contribution in [3.63, 3.8) is 0 Å². The number of nitrogens with two attached hydrogens (primary N) is 1. The maximum Gasteiger partial charge on any atom is 0.00449 e. The Balaban J connectivity index is 0.000000980. The van der Waals surface area contributed by atoms with Gasteiger partial charge in [-0.2, -0.15) is 0 Å². The highest BCUT2D eigenvalue weighted by Crippen LogP contribution is 2.30. The largest absolute Gasteiger partial charge is 0.328 e. The fourth-order valence-corrected chi connectivity index (χ4v) is 2.63. The van der Waals surface area contributed by atoms with Gasteiger partial charge in [-0.15, -0.1) is 12.4 Å². The highest BCUT2D eigenvalue weighted by molar-refractivity contribution is 5.85. The van der Waals surface area contributed by atoms with Crippen molar-refractivity contribution in [3.8, 4) is 0 Å². The molecule has 2 heteroatoms. The molecule has 0 radical (unpaired) electrons. The minimum atomic E-state index is 0. The van der Waals surface area contributed by atoms with Crippen LogP contribution in [0.25, 0.3) is 0 Å². The summed E-state index contributed by atoms with van der Waals surface area (Å²) in [5.41, 5.74) is 7.58. The lowest BCUT2D eigenvalue weighted by Crippen LogP contribution is -2.23. The van der Waals surface area contributed by atoms with Crippen molar-refractivity contribution < 1.29 is 0 Å². The molecule has 0 aromatic heterocycles. The maximum atomic E-state index is 5.88. The van der Waals surface area contributed by atoms with Crippen LogP contribution in [0.1, 0.15) is 51.4 Å². The van der Waals surface area contributed by atoms with Crippen LogP contribution in [0.3, 0.4) is 0 Å². The van der Waals surface area contributed by atoms with Crippen molar-refractivity contribution >= 4 is 12.4 Å². The number of rotatable bonds is 1. The smallest absolute Gasteiger partial charge is 0.00449 e. The molecule has 2 rings (SSSR count). The van der Waals surface area contributed by atoms with Gasteiger partial charge in [0.1, 0.15) is 0 Å². The molecule has 2 N–H and O–H groups in total. The maximum absolute atomic E-state index is 5.88. The van der Waals surface area contributed by atoms with E-state index in [1.165, 1.54) is 51.4 Å². The Morgan fingerprint density at radius 1 is 1.00 bits per heavy atom. The fourth-order valence-electron chi connectivity index (χ4n) is 2.63. The molecule has 82 valence electrons. The lowest BCUT2D eigenvalue weighted by Gasteiger charge is -2.21. The van der Waals surface area contributed by atoms with Gasteiger partial charge in [0.25, 0.3) is 0 Å². The zero-order chi connectivity index (χ0) is 9.10. The van der Waals surface area contributed by atoms with Gasteiger partial charge in [0, 0.05) is 6.04 Å². The molecular weight excluding hydrogens is 194 g/mol. The Labute approximate surface area is 93.5 Å². The first-order valence-electron chi connectivity index (χ1n) is 5.80. The predicted octanol–water partition coefficient (Wildman–Crippen LogP) is 3.43. The third kappa shape index (κ3) is 3.29. The summed E-state index contributed by atoms with van der Waals surface area (Å²) in [7, 11) is 0. The van der Waals surface area contributed by atoms with Gasteiger partial charge in [-0.3, -0.25) is 0 Å². The summed E-state index contributed by atoms with van der Waals surface area (Å²) in [6.45, 7) is 0. The van der Waals surface area contributed by atoms with Gasteiger partial charge in [-0.25, -0.2) is 0 Å². The highest BCUT2D eigenvalue weighted by atomic mass is 35.5. The van der Waals surface area contributed by atoms with Gasteiger partial charge in [0.15, 0.2) is 0 Å². The summed E-state index contributed by atoms with van der Waals surface area (Å²) in [5, 5.41) is 0. The molecule has 0 aromatic rings. The van der Waals surface area contributed by atoms with E-state index in [2.05, 4.69) is 6.08 Å². The summed E-state index contributed by atoms with van der Waals surface area (Å²) < 4.78 is 0. The van der Waals surface area contributed by atoms with Crippen LogP contribution in [0.2, 0.25) is 0 Å². The number of allylic oxidation sites excluding steroid dienone is 2. The van der Waals surface area contributed by atoms with Crippen LogP contribution in [-0.4, -0.2) is 6.04 Å². The molecule has 0 atom stereocenters. The first-order valence-corrected chi connectivity index (χ1v) is 5.80. The van der Waals surface area contributed by atoms with Gasteiger partial charge >= 0.3 is 0 Å². The number of halogens is 1. The molecule has 2 aliphatic carbocycles. The molecule has 14 heavy (non-hydrogen) atoms. The molecule has 0 spiro atoms. The fraction of sp³-hybridized carbons (Fsp3) is 0.833. The monoisotopic (exact) mass is 215 g/mol. The van der Waals surface area contributed by atoms with Crippen LogP contribution >= 0.6 is 12.4 Å². The van der Waals surface area contributed by atoms with Gasteiger partial charge in [0.05, 0.1) is 0 Å².